The van der Waals surface area contributed by atoms with E-state index >= 15 is 0 Å². The highest BCUT2D eigenvalue weighted by Gasteiger charge is 2.19. The number of aromatic nitrogens is 6. The van der Waals surface area contributed by atoms with Crippen molar-refractivity contribution in [1.82, 2.24) is 30.2 Å². The third-order valence-corrected chi connectivity index (χ3v) is 6.61. The summed E-state index contributed by atoms with van der Waals surface area (Å²) in [6.45, 7) is 2.66. The van der Waals surface area contributed by atoms with Gasteiger partial charge in [-0.3, -0.25) is 15.1 Å². The molecule has 0 bridgehead atoms. The summed E-state index contributed by atoms with van der Waals surface area (Å²) in [5, 5.41) is 31.8. The van der Waals surface area contributed by atoms with E-state index in [0.717, 1.165) is 49.9 Å². The fourth-order valence-electron chi connectivity index (χ4n) is 4.41. The Bertz CT molecular complexity index is 1600. The van der Waals surface area contributed by atoms with Crippen molar-refractivity contribution < 1.29 is 9.55 Å². The van der Waals surface area contributed by atoms with Gasteiger partial charge in [-0.25, -0.2) is 4.63 Å². The van der Waals surface area contributed by atoms with Crippen LogP contribution in [-0.4, -0.2) is 54.8 Å². The normalized spacial score (nSPS) is 10.9. The number of pyridine rings is 1. The van der Waals surface area contributed by atoms with E-state index < -0.39 is 4.92 Å². The lowest BCUT2D eigenvalue weighted by Gasteiger charge is -2.11. The molecule has 0 spiro atoms. The zero-order chi connectivity index (χ0) is 29.7. The van der Waals surface area contributed by atoms with Crippen LogP contribution in [0.15, 0.2) is 71.5 Å². The molecule has 0 unspecified atom stereocenters. The lowest BCUT2D eigenvalue weighted by molar-refractivity contribution is -0.383. The zero-order valence-electron chi connectivity index (χ0n) is 23.6. The second-order valence-electron chi connectivity index (χ2n) is 9.76. The van der Waals surface area contributed by atoms with Gasteiger partial charge in [0.1, 0.15) is 0 Å². The number of unbranched alkanes of at least 4 members (excludes halogenated alkanes) is 3. The van der Waals surface area contributed by atoms with E-state index in [9.17, 15) is 10.1 Å². The van der Waals surface area contributed by atoms with Gasteiger partial charge < -0.3 is 21.3 Å². The molecule has 14 nitrogen and oxygen atoms in total. The maximum atomic E-state index is 11.2. The highest BCUT2D eigenvalue weighted by molar-refractivity contribution is 5.93. The van der Waals surface area contributed by atoms with Gasteiger partial charge >= 0.3 is 5.69 Å². The summed E-state index contributed by atoms with van der Waals surface area (Å²) in [5.74, 6) is 1.50. The molecule has 0 atom stereocenters. The Morgan fingerprint density at radius 1 is 0.698 bits per heavy atom. The molecule has 0 aliphatic carbocycles. The van der Waals surface area contributed by atoms with Gasteiger partial charge in [0.15, 0.2) is 5.52 Å². The number of fused-ring (bicyclic) bond motifs is 1. The number of nitrogens with one attached hydrogen (secondary N) is 4. The summed E-state index contributed by atoms with van der Waals surface area (Å²) in [4.78, 5) is 28.7. The molecular formula is C29H33N11O3. The quantitative estimate of drug-likeness (QED) is 0.0648. The Kier molecular flexibility index (Phi) is 10.2. The summed E-state index contributed by atoms with van der Waals surface area (Å²) >= 11 is 0. The Labute approximate surface area is 247 Å². The number of non-ortho nitro benzene ring substituents is 1. The number of rotatable bonds is 17. The van der Waals surface area contributed by atoms with Gasteiger partial charge in [0.05, 0.1) is 10.6 Å². The lowest BCUT2D eigenvalue weighted by Crippen LogP contribution is -2.14. The molecule has 0 fully saturated rings. The standard InChI is InChI=1S/C29H33N11O3/c41-40(42)24-14-13-23(25-26(24)39-43-38-25)31-17-7-1-2-8-18-32-27-35-28(33-19-15-22-12-6-9-16-30-22)37-29(36-27)34-20-21-10-4-3-5-11-21/h3-6,9-14,16,31H,1-2,7-8,15,17-20H2,(H3,32,33,34,35,36,37). The Balaban J connectivity index is 1.07. The van der Waals surface area contributed by atoms with E-state index in [1.807, 2.05) is 48.5 Å². The van der Waals surface area contributed by atoms with Crippen molar-refractivity contribution in [2.75, 3.05) is 40.9 Å². The Hall–Kier alpha value is -5.40. The first-order chi connectivity index (χ1) is 21.2. The van der Waals surface area contributed by atoms with Crippen molar-refractivity contribution >= 4 is 40.3 Å². The molecular weight excluding hydrogens is 550 g/mol. The highest BCUT2D eigenvalue weighted by Crippen LogP contribution is 2.28. The van der Waals surface area contributed by atoms with Crippen LogP contribution in [0.3, 0.4) is 0 Å². The average Bonchev–Trinajstić information content (AvgIpc) is 3.53. The molecule has 4 N–H and O–H groups in total. The van der Waals surface area contributed by atoms with E-state index in [2.05, 4.69) is 51.5 Å². The van der Waals surface area contributed by atoms with Gasteiger partial charge in [0.25, 0.3) is 0 Å². The molecule has 5 aromatic rings. The fourth-order valence-corrected chi connectivity index (χ4v) is 4.41. The summed E-state index contributed by atoms with van der Waals surface area (Å²) in [6, 6.07) is 19.0. The zero-order valence-corrected chi connectivity index (χ0v) is 23.6. The highest BCUT2D eigenvalue weighted by atomic mass is 16.6. The monoisotopic (exact) mass is 583 g/mol. The summed E-state index contributed by atoms with van der Waals surface area (Å²) in [6.07, 6.45) is 6.41. The molecule has 0 saturated carbocycles. The second kappa shape index (κ2) is 15.0. The van der Waals surface area contributed by atoms with Crippen LogP contribution in [0, 0.1) is 10.1 Å². The van der Waals surface area contributed by atoms with Crippen LogP contribution in [0.5, 0.6) is 0 Å². The predicted octanol–water partition coefficient (Wildman–Crippen LogP) is 5.06. The molecule has 3 aromatic heterocycles. The number of nitro benzene ring substituents is 1. The molecule has 0 saturated heterocycles. The first-order valence-electron chi connectivity index (χ1n) is 14.2. The first kappa shape index (κ1) is 29.1. The first-order valence-corrected chi connectivity index (χ1v) is 14.2. The molecule has 3 heterocycles. The summed E-state index contributed by atoms with van der Waals surface area (Å²) < 4.78 is 4.71. The van der Waals surface area contributed by atoms with Crippen molar-refractivity contribution in [1.29, 1.82) is 0 Å². The van der Waals surface area contributed by atoms with Crippen molar-refractivity contribution in [2.45, 2.75) is 38.6 Å². The van der Waals surface area contributed by atoms with E-state index in [4.69, 9.17) is 4.63 Å². The van der Waals surface area contributed by atoms with Crippen LogP contribution in [-0.2, 0) is 13.0 Å². The minimum Gasteiger partial charge on any atom is -0.383 e. The molecule has 5 rings (SSSR count). The van der Waals surface area contributed by atoms with Crippen LogP contribution in [0.4, 0.5) is 29.2 Å². The fraction of sp³-hybridized carbons (Fsp3) is 0.310. The molecule has 0 aliphatic heterocycles. The van der Waals surface area contributed by atoms with Crippen LogP contribution >= 0.6 is 0 Å². The topological polar surface area (TPSA) is 182 Å². The van der Waals surface area contributed by atoms with Gasteiger partial charge in [-0.1, -0.05) is 49.2 Å². The molecule has 222 valence electrons. The maximum absolute atomic E-state index is 11.2. The average molecular weight is 584 g/mol. The molecule has 0 aliphatic rings. The third kappa shape index (κ3) is 8.55. The van der Waals surface area contributed by atoms with Crippen molar-refractivity contribution in [3.8, 4) is 0 Å². The molecule has 14 heteroatoms. The van der Waals surface area contributed by atoms with Crippen molar-refractivity contribution in [3.63, 3.8) is 0 Å². The van der Waals surface area contributed by atoms with Crippen LogP contribution in [0.2, 0.25) is 0 Å². The van der Waals surface area contributed by atoms with E-state index in [1.54, 1.807) is 12.3 Å². The number of anilines is 4. The smallest absolute Gasteiger partial charge is 0.300 e. The molecule has 43 heavy (non-hydrogen) atoms. The maximum Gasteiger partial charge on any atom is 0.300 e. The van der Waals surface area contributed by atoms with Gasteiger partial charge in [-0.15, -0.1) is 0 Å². The van der Waals surface area contributed by atoms with Crippen molar-refractivity contribution in [2.24, 2.45) is 0 Å². The summed E-state index contributed by atoms with van der Waals surface area (Å²) in [5.41, 5.74) is 3.17. The number of nitro groups is 1. The van der Waals surface area contributed by atoms with Gasteiger partial charge in [-0.2, -0.15) is 15.0 Å². The number of hydrogen-bond acceptors (Lipinski definition) is 13. The van der Waals surface area contributed by atoms with E-state index in [0.29, 0.717) is 48.7 Å². The lowest BCUT2D eigenvalue weighted by atomic mass is 10.2. The third-order valence-electron chi connectivity index (χ3n) is 6.61. The predicted molar refractivity (Wildman–Crippen MR) is 164 cm³/mol. The number of benzene rings is 2. The largest absolute Gasteiger partial charge is 0.383 e. The molecule has 0 radical (unpaired) electrons. The summed E-state index contributed by atoms with van der Waals surface area (Å²) in [7, 11) is 0. The number of nitrogens with zero attached hydrogens (tertiary/aromatic N) is 7. The van der Waals surface area contributed by atoms with E-state index in [1.165, 1.54) is 6.07 Å². The van der Waals surface area contributed by atoms with E-state index in [-0.39, 0.29) is 11.2 Å². The minimum absolute atomic E-state index is 0.126. The Morgan fingerprint density at radius 3 is 2.09 bits per heavy atom. The Morgan fingerprint density at radius 2 is 1.37 bits per heavy atom. The van der Waals surface area contributed by atoms with Gasteiger partial charge in [0, 0.05) is 50.6 Å². The van der Waals surface area contributed by atoms with Gasteiger partial charge in [0.2, 0.25) is 23.4 Å². The number of hydrogen-bond donors (Lipinski definition) is 4. The molecule has 0 amide bonds. The SMILES string of the molecule is O=[N+]([O-])c1ccc(NCCCCCCNc2nc(NCCc3ccccn3)nc(NCc3ccccc3)n2)c2nonc12. The van der Waals surface area contributed by atoms with Crippen LogP contribution in [0.1, 0.15) is 36.9 Å². The van der Waals surface area contributed by atoms with Crippen molar-refractivity contribution in [3.05, 3.63) is 88.2 Å². The minimum atomic E-state index is -0.496. The second-order valence-corrected chi connectivity index (χ2v) is 9.76. The van der Waals surface area contributed by atoms with Gasteiger partial charge in [-0.05, 0) is 46.9 Å². The molecule has 2 aromatic carbocycles. The van der Waals surface area contributed by atoms with Crippen LogP contribution in [0.25, 0.3) is 11.0 Å². The van der Waals surface area contributed by atoms with Crippen LogP contribution < -0.4 is 21.3 Å².